The van der Waals surface area contributed by atoms with E-state index in [0.717, 1.165) is 30.9 Å². The smallest absolute Gasteiger partial charge is 0.119 e. The van der Waals surface area contributed by atoms with Crippen LogP contribution in [-0.2, 0) is 11.3 Å². The largest absolute Gasteiger partial charge is 0.494 e. The lowest BCUT2D eigenvalue weighted by atomic mass is 10.0. The van der Waals surface area contributed by atoms with Gasteiger partial charge in [0.25, 0.3) is 0 Å². The summed E-state index contributed by atoms with van der Waals surface area (Å²) in [5.74, 6) is 0.907. The lowest BCUT2D eigenvalue weighted by Gasteiger charge is -2.20. The van der Waals surface area contributed by atoms with Gasteiger partial charge in [0, 0.05) is 26.1 Å². The molecule has 0 saturated carbocycles. The monoisotopic (exact) mass is 265 g/mol. The van der Waals surface area contributed by atoms with Crippen LogP contribution < -0.4 is 10.1 Å². The molecule has 0 aliphatic carbocycles. The van der Waals surface area contributed by atoms with Gasteiger partial charge >= 0.3 is 0 Å². The van der Waals surface area contributed by atoms with Crippen molar-refractivity contribution in [3.05, 3.63) is 29.8 Å². The summed E-state index contributed by atoms with van der Waals surface area (Å²) in [4.78, 5) is 0. The van der Waals surface area contributed by atoms with Crippen LogP contribution in [0.15, 0.2) is 24.3 Å². The Labute approximate surface area is 114 Å². The van der Waals surface area contributed by atoms with Crippen LogP contribution in [0.3, 0.4) is 0 Å². The maximum atomic E-state index is 10.1. The molecule has 4 heteroatoms. The first-order chi connectivity index (χ1) is 9.22. The van der Waals surface area contributed by atoms with E-state index in [1.165, 1.54) is 0 Å². The number of hydrogen-bond acceptors (Lipinski definition) is 4. The molecule has 0 radical (unpaired) electrons. The fraction of sp³-hybridized carbons (Fsp3) is 0.600. The third kappa shape index (κ3) is 4.49. The van der Waals surface area contributed by atoms with E-state index >= 15 is 0 Å². The summed E-state index contributed by atoms with van der Waals surface area (Å²) in [6.45, 7) is 5.21. The third-order valence-corrected chi connectivity index (χ3v) is 3.24. The van der Waals surface area contributed by atoms with Gasteiger partial charge in [0.15, 0.2) is 0 Å². The molecule has 2 N–H and O–H groups in total. The van der Waals surface area contributed by atoms with Crippen molar-refractivity contribution in [1.82, 2.24) is 5.32 Å². The Morgan fingerprint density at radius 1 is 1.47 bits per heavy atom. The molecule has 1 aliphatic heterocycles. The first kappa shape index (κ1) is 14.3. The second-order valence-corrected chi connectivity index (χ2v) is 5.13. The van der Waals surface area contributed by atoms with Gasteiger partial charge in [-0.1, -0.05) is 19.1 Å². The Morgan fingerprint density at radius 2 is 2.37 bits per heavy atom. The van der Waals surface area contributed by atoms with Gasteiger partial charge in [-0.3, -0.25) is 0 Å². The first-order valence-electron chi connectivity index (χ1n) is 6.94. The molecule has 1 unspecified atom stereocenters. The van der Waals surface area contributed by atoms with Crippen molar-refractivity contribution >= 4 is 0 Å². The highest BCUT2D eigenvalue weighted by atomic mass is 16.5. The zero-order valence-corrected chi connectivity index (χ0v) is 11.5. The predicted octanol–water partition coefficient (Wildman–Crippen LogP) is 1.72. The minimum Gasteiger partial charge on any atom is -0.494 e. The summed E-state index contributed by atoms with van der Waals surface area (Å²) >= 11 is 0. The topological polar surface area (TPSA) is 50.7 Å². The molecule has 4 nitrogen and oxygen atoms in total. The Morgan fingerprint density at radius 3 is 3.11 bits per heavy atom. The highest BCUT2D eigenvalue weighted by Crippen LogP contribution is 2.18. The SMILES string of the molecule is CCCOc1cccc(CNCC2(O)CCOC2)c1. The van der Waals surface area contributed by atoms with Gasteiger partial charge in [-0.05, 0) is 24.1 Å². The van der Waals surface area contributed by atoms with E-state index < -0.39 is 5.60 Å². The lowest BCUT2D eigenvalue weighted by molar-refractivity contribution is 0.0268. The predicted molar refractivity (Wildman–Crippen MR) is 74.3 cm³/mol. The minimum atomic E-state index is -0.698. The van der Waals surface area contributed by atoms with E-state index in [2.05, 4.69) is 18.3 Å². The average Bonchev–Trinajstić information content (AvgIpc) is 2.84. The Hall–Kier alpha value is -1.10. The Balaban J connectivity index is 1.78. The van der Waals surface area contributed by atoms with Crippen molar-refractivity contribution in [2.75, 3.05) is 26.4 Å². The fourth-order valence-electron chi connectivity index (χ4n) is 2.14. The van der Waals surface area contributed by atoms with Gasteiger partial charge in [0.2, 0.25) is 0 Å². The Kier molecular flexibility index (Phi) is 5.19. The van der Waals surface area contributed by atoms with Crippen LogP contribution in [0, 0.1) is 0 Å². The number of nitrogens with one attached hydrogen (secondary N) is 1. The molecule has 1 aromatic rings. The van der Waals surface area contributed by atoms with Crippen LogP contribution >= 0.6 is 0 Å². The summed E-state index contributed by atoms with van der Waals surface area (Å²) in [6, 6.07) is 8.06. The molecule has 1 heterocycles. The van der Waals surface area contributed by atoms with E-state index in [1.54, 1.807) is 0 Å². The van der Waals surface area contributed by atoms with Gasteiger partial charge in [0.05, 0.1) is 13.2 Å². The van der Waals surface area contributed by atoms with E-state index in [4.69, 9.17) is 9.47 Å². The van der Waals surface area contributed by atoms with Crippen LogP contribution in [0.25, 0.3) is 0 Å². The molecule has 1 aromatic carbocycles. The highest BCUT2D eigenvalue weighted by molar-refractivity contribution is 5.28. The molecule has 0 bridgehead atoms. The van der Waals surface area contributed by atoms with Crippen molar-refractivity contribution in [1.29, 1.82) is 0 Å². The third-order valence-electron chi connectivity index (χ3n) is 3.24. The van der Waals surface area contributed by atoms with Crippen molar-refractivity contribution in [3.63, 3.8) is 0 Å². The summed E-state index contributed by atoms with van der Waals surface area (Å²) < 4.78 is 10.8. The molecular formula is C15H23NO3. The summed E-state index contributed by atoms with van der Waals surface area (Å²) in [6.07, 6.45) is 1.72. The van der Waals surface area contributed by atoms with E-state index in [1.807, 2.05) is 18.2 Å². The zero-order chi connectivity index (χ0) is 13.6. The molecule has 1 saturated heterocycles. The standard InChI is InChI=1S/C15H23NO3/c1-2-7-19-14-5-3-4-13(9-14)10-16-11-15(17)6-8-18-12-15/h3-5,9,16-17H,2,6-8,10-12H2,1H3. The number of hydrogen-bond donors (Lipinski definition) is 2. The van der Waals surface area contributed by atoms with Gasteiger partial charge in [-0.15, -0.1) is 0 Å². The second-order valence-electron chi connectivity index (χ2n) is 5.13. The first-order valence-corrected chi connectivity index (χ1v) is 6.94. The molecule has 0 aromatic heterocycles. The van der Waals surface area contributed by atoms with Crippen LogP contribution in [-0.4, -0.2) is 37.1 Å². The minimum absolute atomic E-state index is 0.430. The van der Waals surface area contributed by atoms with Crippen LogP contribution in [0.2, 0.25) is 0 Å². The van der Waals surface area contributed by atoms with Crippen molar-refractivity contribution in [2.45, 2.75) is 31.9 Å². The fourth-order valence-corrected chi connectivity index (χ4v) is 2.14. The van der Waals surface area contributed by atoms with Crippen molar-refractivity contribution in [3.8, 4) is 5.75 Å². The molecule has 2 rings (SSSR count). The summed E-state index contributed by atoms with van der Waals surface area (Å²) in [7, 11) is 0. The Bertz CT molecular complexity index is 389. The maximum absolute atomic E-state index is 10.1. The number of aliphatic hydroxyl groups is 1. The highest BCUT2D eigenvalue weighted by Gasteiger charge is 2.31. The molecule has 0 spiro atoms. The summed E-state index contributed by atoms with van der Waals surface area (Å²) in [5, 5.41) is 13.4. The molecule has 106 valence electrons. The molecule has 1 fully saturated rings. The second kappa shape index (κ2) is 6.89. The van der Waals surface area contributed by atoms with Gasteiger partial charge < -0.3 is 19.9 Å². The van der Waals surface area contributed by atoms with Crippen LogP contribution in [0.1, 0.15) is 25.3 Å². The molecule has 19 heavy (non-hydrogen) atoms. The van der Waals surface area contributed by atoms with Gasteiger partial charge in [0.1, 0.15) is 11.4 Å². The van der Waals surface area contributed by atoms with Crippen LogP contribution in [0.5, 0.6) is 5.75 Å². The van der Waals surface area contributed by atoms with Crippen molar-refractivity contribution in [2.24, 2.45) is 0 Å². The average molecular weight is 265 g/mol. The normalized spacial score (nSPS) is 22.6. The van der Waals surface area contributed by atoms with E-state index in [-0.39, 0.29) is 0 Å². The van der Waals surface area contributed by atoms with E-state index in [0.29, 0.717) is 26.2 Å². The summed E-state index contributed by atoms with van der Waals surface area (Å²) in [5.41, 5.74) is 0.465. The molecule has 0 amide bonds. The van der Waals surface area contributed by atoms with Crippen LogP contribution in [0.4, 0.5) is 0 Å². The molecule has 1 aliphatic rings. The van der Waals surface area contributed by atoms with E-state index in [9.17, 15) is 5.11 Å². The quantitative estimate of drug-likeness (QED) is 0.788. The molecule has 1 atom stereocenters. The van der Waals surface area contributed by atoms with Crippen molar-refractivity contribution < 1.29 is 14.6 Å². The lowest BCUT2D eigenvalue weighted by Crippen LogP contribution is -2.40. The molecular weight excluding hydrogens is 242 g/mol. The zero-order valence-electron chi connectivity index (χ0n) is 11.5. The maximum Gasteiger partial charge on any atom is 0.119 e. The van der Waals surface area contributed by atoms with Gasteiger partial charge in [-0.25, -0.2) is 0 Å². The number of benzene rings is 1. The number of ether oxygens (including phenoxy) is 2. The number of rotatable bonds is 7. The van der Waals surface area contributed by atoms with Gasteiger partial charge in [-0.2, -0.15) is 0 Å².